The number of rotatable bonds is 5. The van der Waals surface area contributed by atoms with Crippen LogP contribution in [-0.4, -0.2) is 38.9 Å². The Labute approximate surface area is 109 Å². The van der Waals surface area contributed by atoms with Gasteiger partial charge in [-0.25, -0.2) is 17.2 Å². The number of hydrogen-bond donors (Lipinski definition) is 0. The molecule has 0 saturated carbocycles. The molecule has 0 fully saturated rings. The maximum atomic E-state index is 13.5. The average molecular weight is 293 g/mol. The first-order valence-corrected chi connectivity index (χ1v) is 6.79. The third-order valence-electron chi connectivity index (χ3n) is 2.40. The zero-order valence-corrected chi connectivity index (χ0v) is 11.2. The van der Waals surface area contributed by atoms with Crippen molar-refractivity contribution in [3.05, 3.63) is 29.8 Å². The molecule has 0 aliphatic rings. The van der Waals surface area contributed by atoms with Gasteiger partial charge in [0.15, 0.2) is 4.90 Å². The van der Waals surface area contributed by atoms with Gasteiger partial charge in [0.25, 0.3) is 0 Å². The molecule has 1 rings (SSSR count). The van der Waals surface area contributed by atoms with Gasteiger partial charge < -0.3 is 4.74 Å². The number of sulfonamides is 1. The summed E-state index contributed by atoms with van der Waals surface area (Å²) < 4.78 is 56.2. The Bertz CT molecular complexity index is 554. The number of carbonyl (C=O) groups excluding carboxylic acids is 1. The lowest BCUT2D eigenvalue weighted by Crippen LogP contribution is -2.36. The number of likely N-dealkylation sites (N-methyl/N-ethyl adjacent to an activating group) is 1. The largest absolute Gasteiger partial charge is 0.468 e. The van der Waals surface area contributed by atoms with Gasteiger partial charge in [0.05, 0.1) is 7.11 Å². The Kier molecular flexibility index (Phi) is 4.96. The van der Waals surface area contributed by atoms with Crippen LogP contribution in [0.3, 0.4) is 0 Å². The van der Waals surface area contributed by atoms with Crippen LogP contribution in [0.25, 0.3) is 0 Å². The highest BCUT2D eigenvalue weighted by atomic mass is 32.2. The third-order valence-corrected chi connectivity index (χ3v) is 4.38. The molecule has 1 aromatic carbocycles. The van der Waals surface area contributed by atoms with Crippen LogP contribution in [0.5, 0.6) is 0 Å². The lowest BCUT2D eigenvalue weighted by Gasteiger charge is -2.19. The first-order chi connectivity index (χ1) is 8.84. The Hall–Kier alpha value is -1.54. The number of esters is 1. The smallest absolute Gasteiger partial charge is 0.321 e. The summed E-state index contributed by atoms with van der Waals surface area (Å²) in [6.07, 6.45) is 0. The molecule has 0 heterocycles. The van der Waals surface area contributed by atoms with Crippen molar-refractivity contribution in [2.75, 3.05) is 20.2 Å². The number of halogens is 2. The zero-order valence-electron chi connectivity index (χ0n) is 10.4. The van der Waals surface area contributed by atoms with Crippen LogP contribution in [0, 0.1) is 11.6 Å². The highest BCUT2D eigenvalue weighted by molar-refractivity contribution is 7.89. The predicted octanol–water partition coefficient (Wildman–Crippen LogP) is 1.15. The highest BCUT2D eigenvalue weighted by Crippen LogP contribution is 2.22. The van der Waals surface area contributed by atoms with E-state index in [1.807, 2.05) is 0 Å². The van der Waals surface area contributed by atoms with E-state index in [9.17, 15) is 22.0 Å². The third kappa shape index (κ3) is 3.27. The van der Waals surface area contributed by atoms with Gasteiger partial charge in [-0.15, -0.1) is 0 Å². The van der Waals surface area contributed by atoms with E-state index in [1.54, 1.807) is 0 Å². The fraction of sp³-hybridized carbons (Fsp3) is 0.364. The molecular weight excluding hydrogens is 280 g/mol. The van der Waals surface area contributed by atoms with E-state index in [1.165, 1.54) is 6.92 Å². The van der Waals surface area contributed by atoms with Crippen LogP contribution in [0.1, 0.15) is 6.92 Å². The zero-order chi connectivity index (χ0) is 14.6. The van der Waals surface area contributed by atoms with E-state index in [0.29, 0.717) is 4.31 Å². The first-order valence-electron chi connectivity index (χ1n) is 5.35. The summed E-state index contributed by atoms with van der Waals surface area (Å²) in [6.45, 7) is 0.716. The van der Waals surface area contributed by atoms with Crippen molar-refractivity contribution in [2.45, 2.75) is 11.8 Å². The Morgan fingerprint density at radius 3 is 2.26 bits per heavy atom. The molecule has 1 aromatic rings. The second-order valence-electron chi connectivity index (χ2n) is 3.56. The van der Waals surface area contributed by atoms with Crippen molar-refractivity contribution in [1.82, 2.24) is 4.31 Å². The van der Waals surface area contributed by atoms with E-state index in [4.69, 9.17) is 0 Å². The Morgan fingerprint density at radius 2 is 1.84 bits per heavy atom. The minimum atomic E-state index is -4.44. The second-order valence-corrected chi connectivity index (χ2v) is 5.43. The van der Waals surface area contributed by atoms with Crippen molar-refractivity contribution in [1.29, 1.82) is 0 Å². The summed E-state index contributed by atoms with van der Waals surface area (Å²) in [7, 11) is -3.35. The number of nitrogens with zero attached hydrogens (tertiary/aromatic N) is 1. The van der Waals surface area contributed by atoms with Crippen LogP contribution in [0.2, 0.25) is 0 Å². The molecule has 0 amide bonds. The standard InChI is InChI=1S/C11H13F2NO4S/c1-3-14(7-10(15)18-2)19(16,17)11-8(12)5-4-6-9(11)13/h4-6H,3,7H2,1-2H3. The van der Waals surface area contributed by atoms with Gasteiger partial charge in [0.2, 0.25) is 10.0 Å². The molecule has 0 radical (unpaired) electrons. The van der Waals surface area contributed by atoms with Gasteiger partial charge in [-0.05, 0) is 12.1 Å². The van der Waals surface area contributed by atoms with Crippen molar-refractivity contribution in [3.63, 3.8) is 0 Å². The quantitative estimate of drug-likeness (QED) is 0.764. The number of methoxy groups -OCH3 is 1. The Morgan fingerprint density at radius 1 is 1.32 bits per heavy atom. The van der Waals surface area contributed by atoms with Gasteiger partial charge in [-0.1, -0.05) is 13.0 Å². The number of carbonyl (C=O) groups is 1. The summed E-state index contributed by atoms with van der Waals surface area (Å²) in [4.78, 5) is 10.0. The molecule has 0 aliphatic heterocycles. The molecule has 0 unspecified atom stereocenters. The van der Waals surface area contributed by atoms with Crippen molar-refractivity contribution in [2.24, 2.45) is 0 Å². The highest BCUT2D eigenvalue weighted by Gasteiger charge is 2.31. The topological polar surface area (TPSA) is 63.7 Å². The fourth-order valence-corrected chi connectivity index (χ4v) is 2.94. The summed E-state index contributed by atoms with van der Waals surface area (Å²) >= 11 is 0. The van der Waals surface area contributed by atoms with Crippen molar-refractivity contribution < 1.29 is 26.7 Å². The minimum absolute atomic E-state index is 0.120. The molecule has 0 N–H and O–H groups in total. The van der Waals surface area contributed by atoms with E-state index in [-0.39, 0.29) is 6.54 Å². The lowest BCUT2D eigenvalue weighted by molar-refractivity contribution is -0.140. The van der Waals surface area contributed by atoms with E-state index in [0.717, 1.165) is 25.3 Å². The maximum absolute atomic E-state index is 13.5. The van der Waals surface area contributed by atoms with E-state index >= 15 is 0 Å². The fourth-order valence-electron chi connectivity index (χ4n) is 1.43. The number of ether oxygens (including phenoxy) is 1. The molecule has 0 saturated heterocycles. The molecule has 106 valence electrons. The number of benzene rings is 1. The molecule has 0 bridgehead atoms. The molecule has 19 heavy (non-hydrogen) atoms. The second kappa shape index (κ2) is 6.07. The maximum Gasteiger partial charge on any atom is 0.321 e. The molecule has 0 atom stereocenters. The molecule has 0 aromatic heterocycles. The average Bonchev–Trinajstić information content (AvgIpc) is 2.34. The summed E-state index contributed by atoms with van der Waals surface area (Å²) in [5, 5.41) is 0. The van der Waals surface area contributed by atoms with E-state index in [2.05, 4.69) is 4.74 Å². The molecule has 0 aliphatic carbocycles. The van der Waals surface area contributed by atoms with Gasteiger partial charge in [-0.2, -0.15) is 4.31 Å². The monoisotopic (exact) mass is 293 g/mol. The summed E-state index contributed by atoms with van der Waals surface area (Å²) in [5.74, 6) is -3.23. The Balaban J connectivity index is 3.25. The van der Waals surface area contributed by atoms with Crippen molar-refractivity contribution >= 4 is 16.0 Å². The van der Waals surface area contributed by atoms with Gasteiger partial charge in [0.1, 0.15) is 18.2 Å². The van der Waals surface area contributed by atoms with Crippen LogP contribution in [-0.2, 0) is 19.6 Å². The lowest BCUT2D eigenvalue weighted by atomic mass is 10.3. The van der Waals surface area contributed by atoms with Gasteiger partial charge >= 0.3 is 5.97 Å². The summed E-state index contributed by atoms with van der Waals surface area (Å²) in [6, 6.07) is 2.73. The molecule has 0 spiro atoms. The summed E-state index contributed by atoms with van der Waals surface area (Å²) in [5.41, 5.74) is 0. The molecular formula is C11H13F2NO4S. The minimum Gasteiger partial charge on any atom is -0.468 e. The SMILES string of the molecule is CCN(CC(=O)OC)S(=O)(=O)c1c(F)cccc1F. The molecule has 5 nitrogen and oxygen atoms in total. The predicted molar refractivity (Wildman–Crippen MR) is 62.8 cm³/mol. The van der Waals surface area contributed by atoms with Gasteiger partial charge in [0, 0.05) is 6.54 Å². The van der Waals surface area contributed by atoms with Crippen LogP contribution in [0.15, 0.2) is 23.1 Å². The molecule has 8 heteroatoms. The van der Waals surface area contributed by atoms with Crippen LogP contribution in [0.4, 0.5) is 8.78 Å². The van der Waals surface area contributed by atoms with Gasteiger partial charge in [-0.3, -0.25) is 4.79 Å². The normalized spacial score (nSPS) is 11.6. The number of hydrogen-bond acceptors (Lipinski definition) is 4. The first kappa shape index (κ1) is 15.5. The van der Waals surface area contributed by atoms with Crippen molar-refractivity contribution in [3.8, 4) is 0 Å². The van der Waals surface area contributed by atoms with Crippen LogP contribution < -0.4 is 0 Å². The van der Waals surface area contributed by atoms with Crippen LogP contribution >= 0.6 is 0 Å². The van der Waals surface area contributed by atoms with E-state index < -0.39 is 39.1 Å².